The van der Waals surface area contributed by atoms with Gasteiger partial charge in [-0.1, -0.05) is 17.8 Å². The van der Waals surface area contributed by atoms with E-state index >= 15 is 0 Å². The molecule has 1 aliphatic rings. The van der Waals surface area contributed by atoms with E-state index in [4.69, 9.17) is 4.74 Å². The topological polar surface area (TPSA) is 85.0 Å². The minimum atomic E-state index is -0.506. The molecule has 1 heterocycles. The lowest BCUT2D eigenvalue weighted by Crippen LogP contribution is -2.37. The van der Waals surface area contributed by atoms with Crippen LogP contribution in [0.15, 0.2) is 53.5 Å². The number of nitro benzene ring substituents is 1. The van der Waals surface area contributed by atoms with E-state index in [1.54, 1.807) is 11.0 Å². The molecule has 0 N–H and O–H groups in total. The fourth-order valence-corrected chi connectivity index (χ4v) is 3.80. The Balaban J connectivity index is 1.87. The third-order valence-corrected chi connectivity index (χ3v) is 5.19. The minimum Gasteiger partial charge on any atom is -0.494 e. The zero-order chi connectivity index (χ0) is 19.4. The first-order valence-corrected chi connectivity index (χ1v) is 9.50. The zero-order valence-corrected chi connectivity index (χ0v) is 15.8. The SMILES string of the molecule is CCOc1ccc(N=C2SC[C@H](C)N2C(=O)c2cccc([N+](=O)[O-])c2)cc1. The summed E-state index contributed by atoms with van der Waals surface area (Å²) in [5.41, 5.74) is 0.884. The minimum absolute atomic E-state index is 0.0526. The Hall–Kier alpha value is -2.87. The van der Waals surface area contributed by atoms with Crippen molar-refractivity contribution in [1.29, 1.82) is 0 Å². The van der Waals surface area contributed by atoms with Crippen LogP contribution in [0.4, 0.5) is 11.4 Å². The predicted molar refractivity (Wildman–Crippen MR) is 106 cm³/mol. The number of non-ortho nitro benzene ring substituents is 1. The van der Waals surface area contributed by atoms with Crippen molar-refractivity contribution in [3.8, 4) is 5.75 Å². The Kier molecular flexibility index (Phi) is 5.75. The molecule has 0 spiro atoms. The molecule has 1 amide bonds. The number of amidine groups is 1. The van der Waals surface area contributed by atoms with Crippen LogP contribution in [0.5, 0.6) is 5.75 Å². The molecule has 8 heteroatoms. The summed E-state index contributed by atoms with van der Waals surface area (Å²) in [6.07, 6.45) is 0. The molecule has 1 fully saturated rings. The van der Waals surface area contributed by atoms with Crippen molar-refractivity contribution in [2.75, 3.05) is 12.4 Å². The monoisotopic (exact) mass is 385 g/mol. The number of aliphatic imine (C=N–C) groups is 1. The first-order valence-electron chi connectivity index (χ1n) is 8.52. The van der Waals surface area contributed by atoms with Crippen LogP contribution in [-0.2, 0) is 0 Å². The van der Waals surface area contributed by atoms with E-state index in [0.717, 1.165) is 11.5 Å². The van der Waals surface area contributed by atoms with Crippen molar-refractivity contribution in [2.45, 2.75) is 19.9 Å². The summed E-state index contributed by atoms with van der Waals surface area (Å²) in [5.74, 6) is 1.19. The lowest BCUT2D eigenvalue weighted by molar-refractivity contribution is -0.384. The van der Waals surface area contributed by atoms with Crippen LogP contribution in [0.2, 0.25) is 0 Å². The molecule has 1 atom stereocenters. The van der Waals surface area contributed by atoms with Crippen LogP contribution in [0.1, 0.15) is 24.2 Å². The third-order valence-electron chi connectivity index (χ3n) is 4.00. The predicted octanol–water partition coefficient (Wildman–Crippen LogP) is 4.26. The number of amides is 1. The number of thioether (sulfide) groups is 1. The summed E-state index contributed by atoms with van der Waals surface area (Å²) in [5, 5.41) is 11.6. The van der Waals surface area contributed by atoms with Crippen molar-refractivity contribution < 1.29 is 14.5 Å². The van der Waals surface area contributed by atoms with E-state index in [9.17, 15) is 14.9 Å². The number of nitrogens with zero attached hydrogens (tertiary/aromatic N) is 3. The molecule has 2 aromatic rings. The highest BCUT2D eigenvalue weighted by Gasteiger charge is 2.33. The average Bonchev–Trinajstić information content (AvgIpc) is 3.03. The van der Waals surface area contributed by atoms with Gasteiger partial charge in [0.2, 0.25) is 0 Å². The standard InChI is InChI=1S/C19H19N3O4S/c1-3-26-17-9-7-15(8-10-17)20-19-21(13(2)12-27-19)18(23)14-5-4-6-16(11-14)22(24)25/h4-11,13H,3,12H2,1-2H3/t13-/m0/s1. The highest BCUT2D eigenvalue weighted by Crippen LogP contribution is 2.30. The van der Waals surface area contributed by atoms with Gasteiger partial charge in [-0.3, -0.25) is 19.8 Å². The molecule has 0 unspecified atom stereocenters. The van der Waals surface area contributed by atoms with Gasteiger partial charge in [-0.2, -0.15) is 0 Å². The number of carbonyl (C=O) groups excluding carboxylic acids is 1. The number of hydrogen-bond donors (Lipinski definition) is 0. The van der Waals surface area contributed by atoms with Gasteiger partial charge in [0.1, 0.15) is 5.75 Å². The first kappa shape index (κ1) is 18.9. The number of nitro groups is 1. The normalized spacial score (nSPS) is 17.9. The summed E-state index contributed by atoms with van der Waals surface area (Å²) < 4.78 is 5.42. The van der Waals surface area contributed by atoms with E-state index in [-0.39, 0.29) is 23.2 Å². The maximum absolute atomic E-state index is 13.0. The Bertz CT molecular complexity index is 883. The van der Waals surface area contributed by atoms with E-state index < -0.39 is 4.92 Å². The number of ether oxygens (including phenoxy) is 1. The molecule has 7 nitrogen and oxygen atoms in total. The van der Waals surface area contributed by atoms with Crippen molar-refractivity contribution in [3.63, 3.8) is 0 Å². The fraction of sp³-hybridized carbons (Fsp3) is 0.263. The summed E-state index contributed by atoms with van der Waals surface area (Å²) >= 11 is 1.49. The van der Waals surface area contributed by atoms with Gasteiger partial charge in [0.05, 0.1) is 17.2 Å². The van der Waals surface area contributed by atoms with Gasteiger partial charge in [-0.25, -0.2) is 4.99 Å². The second-order valence-corrected chi connectivity index (χ2v) is 6.95. The summed E-state index contributed by atoms with van der Waals surface area (Å²) in [4.78, 5) is 29.6. The van der Waals surface area contributed by atoms with Crippen molar-refractivity contribution in [1.82, 2.24) is 4.90 Å². The Morgan fingerprint density at radius 1 is 1.33 bits per heavy atom. The smallest absolute Gasteiger partial charge is 0.270 e. The largest absolute Gasteiger partial charge is 0.494 e. The second-order valence-electron chi connectivity index (χ2n) is 5.96. The molecule has 27 heavy (non-hydrogen) atoms. The van der Waals surface area contributed by atoms with E-state index in [1.807, 2.05) is 38.1 Å². The molecule has 3 rings (SSSR count). The van der Waals surface area contributed by atoms with Crippen molar-refractivity contribution in [3.05, 3.63) is 64.2 Å². The quantitative estimate of drug-likeness (QED) is 0.567. The highest BCUT2D eigenvalue weighted by atomic mass is 32.2. The Morgan fingerprint density at radius 2 is 2.07 bits per heavy atom. The lowest BCUT2D eigenvalue weighted by atomic mass is 10.1. The average molecular weight is 385 g/mol. The van der Waals surface area contributed by atoms with Gasteiger partial charge in [-0.15, -0.1) is 0 Å². The molecular weight excluding hydrogens is 366 g/mol. The highest BCUT2D eigenvalue weighted by molar-refractivity contribution is 8.14. The molecule has 0 radical (unpaired) electrons. The second kappa shape index (κ2) is 8.22. The van der Waals surface area contributed by atoms with Gasteiger partial charge in [0, 0.05) is 29.5 Å². The molecule has 0 aromatic heterocycles. The molecule has 1 saturated heterocycles. The Morgan fingerprint density at radius 3 is 2.74 bits per heavy atom. The van der Waals surface area contributed by atoms with Crippen LogP contribution in [-0.4, -0.2) is 39.3 Å². The number of carbonyl (C=O) groups is 1. The van der Waals surface area contributed by atoms with E-state index in [0.29, 0.717) is 17.5 Å². The lowest BCUT2D eigenvalue weighted by Gasteiger charge is -2.21. The third kappa shape index (κ3) is 4.28. The van der Waals surface area contributed by atoms with E-state index in [2.05, 4.69) is 4.99 Å². The summed E-state index contributed by atoms with van der Waals surface area (Å²) in [6.45, 7) is 4.44. The van der Waals surface area contributed by atoms with Crippen LogP contribution in [0.25, 0.3) is 0 Å². The molecule has 2 aromatic carbocycles. The van der Waals surface area contributed by atoms with Crippen molar-refractivity contribution >= 4 is 34.2 Å². The van der Waals surface area contributed by atoms with Gasteiger partial charge in [-0.05, 0) is 44.2 Å². The number of hydrogen-bond acceptors (Lipinski definition) is 6. The zero-order valence-electron chi connectivity index (χ0n) is 15.0. The number of rotatable bonds is 5. The van der Waals surface area contributed by atoms with Gasteiger partial charge in [0.25, 0.3) is 11.6 Å². The molecule has 0 saturated carbocycles. The summed E-state index contributed by atoms with van der Waals surface area (Å²) in [7, 11) is 0. The Labute approximate surface area is 161 Å². The maximum atomic E-state index is 13.0. The first-order chi connectivity index (χ1) is 13.0. The van der Waals surface area contributed by atoms with Gasteiger partial charge < -0.3 is 4.74 Å². The van der Waals surface area contributed by atoms with E-state index in [1.165, 1.54) is 30.0 Å². The summed E-state index contributed by atoms with van der Waals surface area (Å²) in [6, 6.07) is 13.0. The maximum Gasteiger partial charge on any atom is 0.270 e. The van der Waals surface area contributed by atoms with Crippen molar-refractivity contribution in [2.24, 2.45) is 4.99 Å². The van der Waals surface area contributed by atoms with Gasteiger partial charge in [0.15, 0.2) is 5.17 Å². The van der Waals surface area contributed by atoms with Crippen LogP contribution < -0.4 is 4.74 Å². The molecule has 1 aliphatic heterocycles. The molecule has 0 bridgehead atoms. The van der Waals surface area contributed by atoms with Crippen LogP contribution in [0.3, 0.4) is 0 Å². The fourth-order valence-electron chi connectivity index (χ4n) is 2.69. The van der Waals surface area contributed by atoms with Crippen LogP contribution in [0, 0.1) is 10.1 Å². The van der Waals surface area contributed by atoms with Crippen LogP contribution >= 0.6 is 11.8 Å². The number of benzene rings is 2. The molecule has 140 valence electrons. The molecule has 0 aliphatic carbocycles. The molecular formula is C19H19N3O4S. The van der Waals surface area contributed by atoms with Gasteiger partial charge >= 0.3 is 0 Å².